The number of allylic oxidation sites excluding steroid dienone is 2. The molecule has 2 unspecified atom stereocenters. The van der Waals surface area contributed by atoms with Crippen LogP contribution in [-0.4, -0.2) is 47.4 Å². The van der Waals surface area contributed by atoms with Crippen LogP contribution in [0.1, 0.15) is 341 Å². The van der Waals surface area contributed by atoms with Gasteiger partial charge in [0.2, 0.25) is 5.91 Å². The van der Waals surface area contributed by atoms with E-state index in [0.717, 1.165) is 38.5 Å². The van der Waals surface area contributed by atoms with Crippen molar-refractivity contribution >= 4 is 11.9 Å². The molecule has 0 fully saturated rings. The zero-order valence-electron chi connectivity index (χ0n) is 45.4. The van der Waals surface area contributed by atoms with Crippen LogP contribution in [0.4, 0.5) is 0 Å². The third-order valence-electron chi connectivity index (χ3n) is 14.3. The van der Waals surface area contributed by atoms with Gasteiger partial charge in [-0.1, -0.05) is 289 Å². The summed E-state index contributed by atoms with van der Waals surface area (Å²) in [6.45, 7) is 4.97. The van der Waals surface area contributed by atoms with E-state index in [-0.39, 0.29) is 18.5 Å². The van der Waals surface area contributed by atoms with Gasteiger partial charge in [0.15, 0.2) is 0 Å². The van der Waals surface area contributed by atoms with Crippen molar-refractivity contribution in [2.24, 2.45) is 0 Å². The second-order valence-corrected chi connectivity index (χ2v) is 21.0. The predicted octanol–water partition coefficient (Wildman–Crippen LogP) is 18.9. The van der Waals surface area contributed by atoms with Crippen molar-refractivity contribution < 1.29 is 24.5 Å². The first kappa shape index (κ1) is 65.6. The molecular formula is C61H119NO5. The number of unbranched alkanes of at least 4 members (excludes halogenated alkanes) is 44. The highest BCUT2D eigenvalue weighted by Crippen LogP contribution is 2.18. The van der Waals surface area contributed by atoms with Crippen molar-refractivity contribution in [1.29, 1.82) is 0 Å². The lowest BCUT2D eigenvalue weighted by molar-refractivity contribution is -0.143. The number of amides is 1. The Bertz CT molecular complexity index is 1000. The van der Waals surface area contributed by atoms with Gasteiger partial charge in [0.1, 0.15) is 0 Å². The normalized spacial score (nSPS) is 12.6. The van der Waals surface area contributed by atoms with Crippen molar-refractivity contribution in [3.05, 3.63) is 12.2 Å². The van der Waals surface area contributed by atoms with Crippen LogP contribution in [0.3, 0.4) is 0 Å². The first-order valence-electron chi connectivity index (χ1n) is 30.4. The van der Waals surface area contributed by atoms with Crippen LogP contribution in [0.15, 0.2) is 12.2 Å². The molecule has 0 aliphatic heterocycles. The van der Waals surface area contributed by atoms with Gasteiger partial charge in [0.05, 0.1) is 25.4 Å². The fourth-order valence-corrected chi connectivity index (χ4v) is 9.64. The Morgan fingerprint density at radius 3 is 1.06 bits per heavy atom. The lowest BCUT2D eigenvalue weighted by atomic mass is 10.0. The van der Waals surface area contributed by atoms with E-state index in [4.69, 9.17) is 4.74 Å². The van der Waals surface area contributed by atoms with E-state index < -0.39 is 12.1 Å². The van der Waals surface area contributed by atoms with Crippen LogP contribution in [0.25, 0.3) is 0 Å². The number of hydrogen-bond donors (Lipinski definition) is 3. The van der Waals surface area contributed by atoms with E-state index in [1.165, 1.54) is 270 Å². The zero-order valence-corrected chi connectivity index (χ0v) is 45.4. The number of hydrogen-bond acceptors (Lipinski definition) is 5. The predicted molar refractivity (Wildman–Crippen MR) is 292 cm³/mol. The van der Waals surface area contributed by atoms with Crippen LogP contribution < -0.4 is 5.32 Å². The number of carbonyl (C=O) groups excluding carboxylic acids is 2. The minimum absolute atomic E-state index is 0.0139. The fraction of sp³-hybridized carbons (Fsp3) is 0.934. The molecular weight excluding hydrogens is 827 g/mol. The molecule has 2 atom stereocenters. The van der Waals surface area contributed by atoms with Crippen molar-refractivity contribution in [3.8, 4) is 0 Å². The molecule has 0 aliphatic rings. The van der Waals surface area contributed by atoms with Gasteiger partial charge >= 0.3 is 5.97 Å². The smallest absolute Gasteiger partial charge is 0.305 e. The third-order valence-corrected chi connectivity index (χ3v) is 14.3. The number of rotatable bonds is 57. The second-order valence-electron chi connectivity index (χ2n) is 21.0. The van der Waals surface area contributed by atoms with E-state index >= 15 is 0 Å². The first-order chi connectivity index (χ1) is 33.0. The summed E-state index contributed by atoms with van der Waals surface area (Å²) in [5.74, 6) is -0.0271. The number of esters is 1. The van der Waals surface area contributed by atoms with Crippen molar-refractivity contribution in [2.45, 2.75) is 353 Å². The Balaban J connectivity index is 3.38. The molecule has 3 N–H and O–H groups in total. The maximum Gasteiger partial charge on any atom is 0.305 e. The molecule has 398 valence electrons. The molecule has 0 saturated carbocycles. The van der Waals surface area contributed by atoms with Gasteiger partial charge in [0.25, 0.3) is 0 Å². The fourth-order valence-electron chi connectivity index (χ4n) is 9.64. The number of carbonyl (C=O) groups is 2. The maximum absolute atomic E-state index is 12.4. The average molecular weight is 947 g/mol. The van der Waals surface area contributed by atoms with Crippen LogP contribution in [0.5, 0.6) is 0 Å². The lowest BCUT2D eigenvalue weighted by Gasteiger charge is -2.22. The summed E-state index contributed by atoms with van der Waals surface area (Å²) in [5, 5.41) is 23.2. The summed E-state index contributed by atoms with van der Waals surface area (Å²) in [7, 11) is 0. The summed E-state index contributed by atoms with van der Waals surface area (Å²) >= 11 is 0. The Hall–Kier alpha value is -1.40. The van der Waals surface area contributed by atoms with E-state index in [9.17, 15) is 19.8 Å². The molecule has 0 bridgehead atoms. The molecule has 0 rings (SSSR count). The van der Waals surface area contributed by atoms with Crippen LogP contribution in [0.2, 0.25) is 0 Å². The van der Waals surface area contributed by atoms with Gasteiger partial charge in [0, 0.05) is 12.8 Å². The number of aliphatic hydroxyl groups excluding tert-OH is 2. The monoisotopic (exact) mass is 946 g/mol. The largest absolute Gasteiger partial charge is 0.466 e. The SMILES string of the molecule is CCCCCCCCCCCCCCCCCCC(=O)OCCCCCCCCCCCCC/C=C\CCCCCCCCCC(=O)NC(CO)C(O)CCCCCCCCCCCCCC. The van der Waals surface area contributed by atoms with Gasteiger partial charge in [-0.3, -0.25) is 9.59 Å². The highest BCUT2D eigenvalue weighted by molar-refractivity contribution is 5.76. The zero-order chi connectivity index (χ0) is 48.6. The van der Waals surface area contributed by atoms with Gasteiger partial charge in [-0.2, -0.15) is 0 Å². The Morgan fingerprint density at radius 1 is 0.403 bits per heavy atom. The molecule has 0 aromatic carbocycles. The topological polar surface area (TPSA) is 95.9 Å². The summed E-state index contributed by atoms with van der Waals surface area (Å²) < 4.78 is 5.49. The van der Waals surface area contributed by atoms with Crippen LogP contribution in [-0.2, 0) is 14.3 Å². The van der Waals surface area contributed by atoms with Crippen molar-refractivity contribution in [2.75, 3.05) is 13.2 Å². The summed E-state index contributed by atoms with van der Waals surface area (Å²) in [5.41, 5.74) is 0. The van der Waals surface area contributed by atoms with Crippen molar-refractivity contribution in [1.82, 2.24) is 5.32 Å². The molecule has 0 saturated heterocycles. The summed E-state index contributed by atoms with van der Waals surface area (Å²) in [4.78, 5) is 24.5. The number of aliphatic hydroxyl groups is 2. The van der Waals surface area contributed by atoms with Gasteiger partial charge in [-0.15, -0.1) is 0 Å². The molecule has 67 heavy (non-hydrogen) atoms. The van der Waals surface area contributed by atoms with Gasteiger partial charge in [-0.25, -0.2) is 0 Å². The van der Waals surface area contributed by atoms with Crippen LogP contribution >= 0.6 is 0 Å². The Kier molecular flexibility index (Phi) is 56.0. The Morgan fingerprint density at radius 2 is 0.701 bits per heavy atom. The highest BCUT2D eigenvalue weighted by Gasteiger charge is 2.20. The summed E-state index contributed by atoms with van der Waals surface area (Å²) in [6.07, 6.45) is 67.9. The molecule has 0 aliphatic carbocycles. The summed E-state index contributed by atoms with van der Waals surface area (Å²) in [6, 6.07) is -0.544. The van der Waals surface area contributed by atoms with Crippen molar-refractivity contribution in [3.63, 3.8) is 0 Å². The molecule has 0 aromatic rings. The minimum atomic E-state index is -0.667. The van der Waals surface area contributed by atoms with Gasteiger partial charge in [-0.05, 0) is 51.4 Å². The molecule has 6 heteroatoms. The van der Waals surface area contributed by atoms with E-state index in [1.54, 1.807) is 0 Å². The minimum Gasteiger partial charge on any atom is -0.466 e. The van der Waals surface area contributed by atoms with E-state index in [1.807, 2.05) is 0 Å². The maximum atomic E-state index is 12.4. The molecule has 0 radical (unpaired) electrons. The quantitative estimate of drug-likeness (QED) is 0.0321. The molecule has 0 spiro atoms. The third kappa shape index (κ3) is 53.8. The molecule has 0 heterocycles. The first-order valence-corrected chi connectivity index (χ1v) is 30.4. The van der Waals surface area contributed by atoms with E-state index in [2.05, 4.69) is 31.3 Å². The van der Waals surface area contributed by atoms with E-state index in [0.29, 0.717) is 25.9 Å². The molecule has 0 aromatic heterocycles. The Labute approximate surface area is 419 Å². The molecule has 6 nitrogen and oxygen atoms in total. The average Bonchev–Trinajstić information content (AvgIpc) is 3.33. The molecule has 1 amide bonds. The lowest BCUT2D eigenvalue weighted by Crippen LogP contribution is -2.45. The van der Waals surface area contributed by atoms with Crippen LogP contribution in [0, 0.1) is 0 Å². The number of nitrogens with one attached hydrogen (secondary N) is 1. The standard InChI is InChI=1S/C61H119NO5/c1-3-5-7-9-11-13-15-17-18-28-31-35-39-43-47-51-55-61(66)67-56-52-48-44-40-36-32-29-26-24-22-20-19-21-23-25-27-30-34-38-42-46-50-54-60(65)62-58(57-63)59(64)53-49-45-41-37-33-16-14-12-10-8-6-4-2/h21,23,58-59,63-64H,3-20,22,24-57H2,1-2H3,(H,62,65)/b23-21-. The highest BCUT2D eigenvalue weighted by atomic mass is 16.5. The number of ether oxygens (including phenoxy) is 1. The van der Waals surface area contributed by atoms with Gasteiger partial charge < -0.3 is 20.3 Å². The second kappa shape index (κ2) is 57.2.